The van der Waals surface area contributed by atoms with Crippen LogP contribution in [0.25, 0.3) is 6.08 Å². The van der Waals surface area contributed by atoms with Crippen LogP contribution in [0.1, 0.15) is 5.56 Å². The third-order valence-corrected chi connectivity index (χ3v) is 2.47. The summed E-state index contributed by atoms with van der Waals surface area (Å²) in [5, 5.41) is 19.0. The third kappa shape index (κ3) is 2.95. The topological polar surface area (TPSA) is 80.4 Å². The van der Waals surface area contributed by atoms with Gasteiger partial charge in [0.05, 0.1) is 15.0 Å². The molecule has 1 N–H and O–H groups in total. The molecule has 1 aromatic carbocycles. The fourth-order valence-corrected chi connectivity index (χ4v) is 1.38. The second kappa shape index (κ2) is 4.96. The summed E-state index contributed by atoms with van der Waals surface area (Å²) in [6.45, 7) is 0. The Hall–Kier alpha value is -1.59. The Labute approximate surface area is 100 Å². The number of hydrogen-bond acceptors (Lipinski definition) is 3. The Morgan fingerprint density at radius 2 is 2.06 bits per heavy atom. The molecule has 0 aliphatic heterocycles. The van der Waals surface area contributed by atoms with E-state index >= 15 is 0 Å². The summed E-state index contributed by atoms with van der Waals surface area (Å²) < 4.78 is 0. The standard InChI is InChI=1S/C9H5Cl2NO4/c10-7-4-6(12(15)16)3-5(9(7)11)1-2-8(13)14/h1-4H,(H,13,14)/b2-1+. The molecule has 0 atom stereocenters. The van der Waals surface area contributed by atoms with Gasteiger partial charge in [-0.1, -0.05) is 23.2 Å². The Kier molecular flexibility index (Phi) is 3.87. The van der Waals surface area contributed by atoms with Gasteiger partial charge in [-0.2, -0.15) is 0 Å². The smallest absolute Gasteiger partial charge is 0.328 e. The Morgan fingerprint density at radius 3 is 2.56 bits per heavy atom. The van der Waals surface area contributed by atoms with Crippen LogP contribution in [0.2, 0.25) is 10.0 Å². The summed E-state index contributed by atoms with van der Waals surface area (Å²) in [4.78, 5) is 20.2. The maximum absolute atomic E-state index is 10.5. The van der Waals surface area contributed by atoms with Gasteiger partial charge in [-0.3, -0.25) is 10.1 Å². The van der Waals surface area contributed by atoms with Crippen molar-refractivity contribution in [1.29, 1.82) is 0 Å². The number of nitrogens with zero attached hydrogens (tertiary/aromatic N) is 1. The number of hydrogen-bond donors (Lipinski definition) is 1. The van der Waals surface area contributed by atoms with E-state index < -0.39 is 10.9 Å². The minimum absolute atomic E-state index is 0.000838. The lowest BCUT2D eigenvalue weighted by Crippen LogP contribution is -1.91. The van der Waals surface area contributed by atoms with Crippen molar-refractivity contribution in [2.75, 3.05) is 0 Å². The number of carboxylic acids is 1. The zero-order valence-electron chi connectivity index (χ0n) is 7.68. The average Bonchev–Trinajstić information content (AvgIpc) is 2.19. The molecule has 7 heteroatoms. The molecule has 0 fully saturated rings. The highest BCUT2D eigenvalue weighted by molar-refractivity contribution is 6.43. The van der Waals surface area contributed by atoms with Crippen LogP contribution in [0, 0.1) is 10.1 Å². The molecular formula is C9H5Cl2NO4. The Morgan fingerprint density at radius 1 is 1.44 bits per heavy atom. The van der Waals surface area contributed by atoms with Crippen LogP contribution >= 0.6 is 23.2 Å². The Balaban J connectivity index is 3.27. The number of aliphatic carboxylic acids is 1. The zero-order valence-corrected chi connectivity index (χ0v) is 9.20. The lowest BCUT2D eigenvalue weighted by molar-refractivity contribution is -0.384. The number of halogens is 2. The first-order chi connectivity index (χ1) is 7.41. The lowest BCUT2D eigenvalue weighted by Gasteiger charge is -2.00. The summed E-state index contributed by atoms with van der Waals surface area (Å²) >= 11 is 11.4. The van der Waals surface area contributed by atoms with Crippen LogP contribution < -0.4 is 0 Å². The second-order valence-electron chi connectivity index (χ2n) is 2.76. The normalized spacial score (nSPS) is 10.6. The van der Waals surface area contributed by atoms with E-state index in [2.05, 4.69) is 0 Å². The molecule has 0 unspecified atom stereocenters. The molecule has 0 amide bonds. The molecule has 84 valence electrons. The predicted octanol–water partition coefficient (Wildman–Crippen LogP) is 3.00. The van der Waals surface area contributed by atoms with Crippen LogP contribution in [0.4, 0.5) is 5.69 Å². The van der Waals surface area contributed by atoms with E-state index in [-0.39, 0.29) is 21.3 Å². The monoisotopic (exact) mass is 261 g/mol. The first-order valence-electron chi connectivity index (χ1n) is 3.96. The van der Waals surface area contributed by atoms with E-state index in [1.807, 2.05) is 0 Å². The fraction of sp³-hybridized carbons (Fsp3) is 0. The molecule has 1 rings (SSSR count). The van der Waals surface area contributed by atoms with Gasteiger partial charge in [0, 0.05) is 23.8 Å². The molecule has 0 radical (unpaired) electrons. The van der Waals surface area contributed by atoms with Crippen LogP contribution in [-0.4, -0.2) is 16.0 Å². The molecule has 1 aromatic rings. The van der Waals surface area contributed by atoms with E-state index in [1.54, 1.807) is 0 Å². The van der Waals surface area contributed by atoms with Gasteiger partial charge in [0.25, 0.3) is 5.69 Å². The predicted molar refractivity (Wildman–Crippen MR) is 59.8 cm³/mol. The first kappa shape index (κ1) is 12.5. The molecule has 0 saturated heterocycles. The first-order valence-corrected chi connectivity index (χ1v) is 4.72. The minimum atomic E-state index is -1.18. The molecule has 0 aliphatic rings. The van der Waals surface area contributed by atoms with E-state index in [0.717, 1.165) is 24.3 Å². The van der Waals surface area contributed by atoms with Gasteiger partial charge in [-0.15, -0.1) is 0 Å². The van der Waals surface area contributed by atoms with Crippen molar-refractivity contribution in [2.45, 2.75) is 0 Å². The summed E-state index contributed by atoms with van der Waals surface area (Å²) in [7, 11) is 0. The number of carboxylic acid groups (broad SMARTS) is 1. The molecule has 0 aromatic heterocycles. The maximum Gasteiger partial charge on any atom is 0.328 e. The van der Waals surface area contributed by atoms with E-state index in [4.69, 9.17) is 28.3 Å². The average molecular weight is 262 g/mol. The van der Waals surface area contributed by atoms with Crippen LogP contribution in [0.5, 0.6) is 0 Å². The largest absolute Gasteiger partial charge is 0.478 e. The van der Waals surface area contributed by atoms with Crippen molar-refractivity contribution in [3.8, 4) is 0 Å². The number of nitro groups is 1. The van der Waals surface area contributed by atoms with Crippen molar-refractivity contribution in [1.82, 2.24) is 0 Å². The van der Waals surface area contributed by atoms with Crippen LogP contribution in [0.3, 0.4) is 0 Å². The van der Waals surface area contributed by atoms with Gasteiger partial charge in [-0.05, 0) is 6.08 Å². The van der Waals surface area contributed by atoms with E-state index in [0.29, 0.717) is 0 Å². The quantitative estimate of drug-likeness (QED) is 0.515. The molecule has 0 heterocycles. The minimum Gasteiger partial charge on any atom is -0.478 e. The summed E-state index contributed by atoms with van der Waals surface area (Å²) in [5.41, 5.74) is -0.0669. The summed E-state index contributed by atoms with van der Waals surface area (Å²) in [6.07, 6.45) is 1.96. The SMILES string of the molecule is O=C(O)/C=C/c1cc([N+](=O)[O-])cc(Cl)c1Cl. The molecule has 16 heavy (non-hydrogen) atoms. The molecule has 0 aliphatic carbocycles. The molecule has 0 saturated carbocycles. The van der Waals surface area contributed by atoms with Gasteiger partial charge >= 0.3 is 5.97 Å². The summed E-state index contributed by atoms with van der Waals surface area (Å²) in [6, 6.07) is 2.25. The molecule has 0 bridgehead atoms. The van der Waals surface area contributed by atoms with Gasteiger partial charge in [-0.25, -0.2) is 4.79 Å². The van der Waals surface area contributed by atoms with Crippen molar-refractivity contribution >= 4 is 40.9 Å². The van der Waals surface area contributed by atoms with Crippen LogP contribution in [-0.2, 0) is 4.79 Å². The van der Waals surface area contributed by atoms with Gasteiger partial charge in [0.1, 0.15) is 0 Å². The number of carbonyl (C=O) groups is 1. The van der Waals surface area contributed by atoms with Crippen molar-refractivity contribution in [2.24, 2.45) is 0 Å². The highest BCUT2D eigenvalue weighted by Crippen LogP contribution is 2.31. The maximum atomic E-state index is 10.5. The highest BCUT2D eigenvalue weighted by Gasteiger charge is 2.12. The highest BCUT2D eigenvalue weighted by atomic mass is 35.5. The Bertz CT molecular complexity index is 485. The number of benzene rings is 1. The van der Waals surface area contributed by atoms with Crippen molar-refractivity contribution < 1.29 is 14.8 Å². The zero-order chi connectivity index (χ0) is 12.3. The second-order valence-corrected chi connectivity index (χ2v) is 3.54. The molecular weight excluding hydrogens is 257 g/mol. The van der Waals surface area contributed by atoms with Gasteiger partial charge in [0.2, 0.25) is 0 Å². The van der Waals surface area contributed by atoms with Crippen LogP contribution in [0.15, 0.2) is 18.2 Å². The van der Waals surface area contributed by atoms with E-state index in [1.165, 1.54) is 0 Å². The van der Waals surface area contributed by atoms with Gasteiger partial charge in [0.15, 0.2) is 0 Å². The third-order valence-electron chi connectivity index (χ3n) is 1.66. The lowest BCUT2D eigenvalue weighted by atomic mass is 10.2. The van der Waals surface area contributed by atoms with E-state index in [9.17, 15) is 14.9 Å². The fourth-order valence-electron chi connectivity index (χ4n) is 0.983. The van der Waals surface area contributed by atoms with Crippen molar-refractivity contribution in [3.63, 3.8) is 0 Å². The van der Waals surface area contributed by atoms with Gasteiger partial charge < -0.3 is 5.11 Å². The molecule has 0 spiro atoms. The number of non-ortho nitro benzene ring substituents is 1. The van der Waals surface area contributed by atoms with Crippen molar-refractivity contribution in [3.05, 3.63) is 43.9 Å². The molecule has 5 nitrogen and oxygen atoms in total. The number of rotatable bonds is 3. The summed E-state index contributed by atoms with van der Waals surface area (Å²) in [5.74, 6) is -1.18. The number of nitro benzene ring substituents is 1.